The van der Waals surface area contributed by atoms with Crippen molar-refractivity contribution in [2.45, 2.75) is 38.9 Å². The van der Waals surface area contributed by atoms with E-state index in [2.05, 4.69) is 54.9 Å². The average molecular weight is 285 g/mol. The lowest BCUT2D eigenvalue weighted by molar-refractivity contribution is 0.334. The van der Waals surface area contributed by atoms with Gasteiger partial charge in [-0.15, -0.1) is 0 Å². The van der Waals surface area contributed by atoms with Crippen LogP contribution in [-0.2, 0) is 0 Å². The van der Waals surface area contributed by atoms with Gasteiger partial charge < -0.3 is 4.74 Å². The summed E-state index contributed by atoms with van der Waals surface area (Å²) in [7, 11) is 0. The summed E-state index contributed by atoms with van der Waals surface area (Å²) in [6.07, 6.45) is 1.16. The molecule has 1 rings (SSSR count). The fourth-order valence-electron chi connectivity index (χ4n) is 1.68. The van der Waals surface area contributed by atoms with Crippen LogP contribution in [0.3, 0.4) is 0 Å². The summed E-state index contributed by atoms with van der Waals surface area (Å²) >= 11 is 3.79. The molecule has 1 nitrogen and oxygen atoms in total. The van der Waals surface area contributed by atoms with Crippen LogP contribution >= 0.6 is 15.9 Å². The van der Waals surface area contributed by atoms with Crippen LogP contribution in [0.1, 0.15) is 43.1 Å². The van der Waals surface area contributed by atoms with Gasteiger partial charge in [0, 0.05) is 10.4 Å². The van der Waals surface area contributed by atoms with Crippen LogP contribution in [0.2, 0.25) is 0 Å². The summed E-state index contributed by atoms with van der Waals surface area (Å²) < 4.78 is 5.68. The minimum absolute atomic E-state index is 0.374. The highest BCUT2D eigenvalue weighted by atomic mass is 79.9. The Bertz CT molecular complexity index is 336. The zero-order valence-electron chi connectivity index (χ0n) is 10.6. The van der Waals surface area contributed by atoms with Crippen LogP contribution in [0.5, 0.6) is 5.75 Å². The molecule has 0 bridgehead atoms. The highest BCUT2D eigenvalue weighted by molar-refractivity contribution is 9.09. The van der Waals surface area contributed by atoms with Gasteiger partial charge in [0.05, 0.1) is 6.61 Å². The molecule has 0 aromatic heterocycles. The van der Waals surface area contributed by atoms with Crippen molar-refractivity contribution < 1.29 is 4.74 Å². The third kappa shape index (κ3) is 3.24. The Kier molecular flexibility index (Phi) is 5.33. The Labute approximate surface area is 107 Å². The van der Waals surface area contributed by atoms with Crippen LogP contribution in [0.4, 0.5) is 0 Å². The van der Waals surface area contributed by atoms with Gasteiger partial charge in [-0.2, -0.15) is 0 Å². The van der Waals surface area contributed by atoms with E-state index in [1.807, 2.05) is 6.92 Å². The van der Waals surface area contributed by atoms with E-state index in [-0.39, 0.29) is 0 Å². The van der Waals surface area contributed by atoms with Gasteiger partial charge in [-0.05, 0) is 25.8 Å². The summed E-state index contributed by atoms with van der Waals surface area (Å²) in [4.78, 5) is 0.374. The molecule has 0 fully saturated rings. The van der Waals surface area contributed by atoms with Crippen molar-refractivity contribution in [3.63, 3.8) is 0 Å². The number of hydrogen-bond donors (Lipinski definition) is 0. The Morgan fingerprint density at radius 3 is 2.56 bits per heavy atom. The Morgan fingerprint density at radius 1 is 1.31 bits per heavy atom. The molecule has 2 heteroatoms. The number of hydrogen-bond acceptors (Lipinski definition) is 1. The van der Waals surface area contributed by atoms with Gasteiger partial charge in [0.1, 0.15) is 5.75 Å². The zero-order chi connectivity index (χ0) is 12.1. The van der Waals surface area contributed by atoms with Crippen molar-refractivity contribution in [2.24, 2.45) is 5.92 Å². The first-order valence-electron chi connectivity index (χ1n) is 5.97. The summed E-state index contributed by atoms with van der Waals surface area (Å²) in [5.41, 5.74) is 2.56. The standard InChI is InChI=1S/C14H21BrO/c1-5-11(4)14(15)12-9-10(3)7-8-13(12)16-6-2/h7-9,11,14H,5-6H2,1-4H3. The summed E-state index contributed by atoms with van der Waals surface area (Å²) in [5.74, 6) is 1.62. The summed E-state index contributed by atoms with van der Waals surface area (Å²) in [6, 6.07) is 6.40. The fourth-order valence-corrected chi connectivity index (χ4v) is 2.42. The second-order valence-electron chi connectivity index (χ2n) is 4.26. The molecule has 0 saturated heterocycles. The van der Waals surface area contributed by atoms with Crippen molar-refractivity contribution in [1.29, 1.82) is 0 Å². The van der Waals surface area contributed by atoms with E-state index in [0.29, 0.717) is 10.7 Å². The lowest BCUT2D eigenvalue weighted by Gasteiger charge is -2.20. The van der Waals surface area contributed by atoms with E-state index < -0.39 is 0 Å². The molecule has 1 aromatic carbocycles. The molecule has 0 aliphatic heterocycles. The van der Waals surface area contributed by atoms with E-state index in [1.54, 1.807) is 0 Å². The average Bonchev–Trinajstić information content (AvgIpc) is 2.29. The molecule has 0 N–H and O–H groups in total. The van der Waals surface area contributed by atoms with E-state index >= 15 is 0 Å². The van der Waals surface area contributed by atoms with Gasteiger partial charge in [0.15, 0.2) is 0 Å². The number of alkyl halides is 1. The number of rotatable bonds is 5. The molecular weight excluding hydrogens is 264 g/mol. The van der Waals surface area contributed by atoms with Gasteiger partial charge in [-0.1, -0.05) is 53.9 Å². The molecule has 2 atom stereocenters. The number of ether oxygens (including phenoxy) is 1. The minimum atomic E-state index is 0.374. The highest BCUT2D eigenvalue weighted by Crippen LogP contribution is 2.38. The Morgan fingerprint density at radius 2 is 2.00 bits per heavy atom. The van der Waals surface area contributed by atoms with Crippen LogP contribution in [0.15, 0.2) is 18.2 Å². The molecule has 0 saturated carbocycles. The first-order chi connectivity index (χ1) is 7.60. The fraction of sp³-hybridized carbons (Fsp3) is 0.571. The van der Waals surface area contributed by atoms with Crippen molar-refractivity contribution in [3.05, 3.63) is 29.3 Å². The third-order valence-electron chi connectivity index (χ3n) is 2.91. The smallest absolute Gasteiger partial charge is 0.123 e. The maximum absolute atomic E-state index is 5.68. The monoisotopic (exact) mass is 284 g/mol. The minimum Gasteiger partial charge on any atom is -0.494 e. The highest BCUT2D eigenvalue weighted by Gasteiger charge is 2.18. The van der Waals surface area contributed by atoms with Crippen molar-refractivity contribution in [3.8, 4) is 5.75 Å². The van der Waals surface area contributed by atoms with Crippen LogP contribution < -0.4 is 4.74 Å². The molecule has 2 unspecified atom stereocenters. The van der Waals surface area contributed by atoms with Crippen LogP contribution in [0.25, 0.3) is 0 Å². The SMILES string of the molecule is CCOc1ccc(C)cc1C(Br)C(C)CC. The normalized spacial score (nSPS) is 14.6. The predicted octanol–water partition coefficient (Wildman–Crippen LogP) is 4.88. The lowest BCUT2D eigenvalue weighted by Crippen LogP contribution is -2.05. The van der Waals surface area contributed by atoms with Crippen LogP contribution in [0, 0.1) is 12.8 Å². The molecule has 1 aromatic rings. The lowest BCUT2D eigenvalue weighted by atomic mass is 9.97. The van der Waals surface area contributed by atoms with Crippen molar-refractivity contribution in [1.82, 2.24) is 0 Å². The summed E-state index contributed by atoms with van der Waals surface area (Å²) in [5, 5.41) is 0. The molecule has 0 amide bonds. The maximum atomic E-state index is 5.68. The second-order valence-corrected chi connectivity index (χ2v) is 5.25. The molecule has 0 heterocycles. The quantitative estimate of drug-likeness (QED) is 0.701. The largest absolute Gasteiger partial charge is 0.494 e. The molecule has 0 aliphatic rings. The van der Waals surface area contributed by atoms with Gasteiger partial charge in [-0.25, -0.2) is 0 Å². The molecular formula is C14H21BrO. The van der Waals surface area contributed by atoms with Gasteiger partial charge in [-0.3, -0.25) is 0 Å². The Hall–Kier alpha value is -0.500. The maximum Gasteiger partial charge on any atom is 0.123 e. The van der Waals surface area contributed by atoms with E-state index in [1.165, 1.54) is 11.1 Å². The number of aryl methyl sites for hydroxylation is 1. The molecule has 90 valence electrons. The third-order valence-corrected chi connectivity index (χ3v) is 4.30. The predicted molar refractivity (Wildman–Crippen MR) is 73.5 cm³/mol. The second kappa shape index (κ2) is 6.29. The van der Waals surface area contributed by atoms with Gasteiger partial charge >= 0.3 is 0 Å². The number of benzene rings is 1. The summed E-state index contributed by atoms with van der Waals surface area (Å²) in [6.45, 7) is 9.34. The van der Waals surface area contributed by atoms with E-state index in [9.17, 15) is 0 Å². The molecule has 0 radical (unpaired) electrons. The van der Waals surface area contributed by atoms with Crippen molar-refractivity contribution >= 4 is 15.9 Å². The van der Waals surface area contributed by atoms with Gasteiger partial charge in [0.2, 0.25) is 0 Å². The van der Waals surface area contributed by atoms with E-state index in [4.69, 9.17) is 4.74 Å². The molecule has 0 spiro atoms. The Balaban J connectivity index is 3.03. The first-order valence-corrected chi connectivity index (χ1v) is 6.89. The van der Waals surface area contributed by atoms with Gasteiger partial charge in [0.25, 0.3) is 0 Å². The van der Waals surface area contributed by atoms with E-state index in [0.717, 1.165) is 18.8 Å². The van der Waals surface area contributed by atoms with Crippen molar-refractivity contribution in [2.75, 3.05) is 6.61 Å². The zero-order valence-corrected chi connectivity index (χ0v) is 12.2. The first kappa shape index (κ1) is 13.6. The number of halogens is 1. The molecule has 0 aliphatic carbocycles. The van der Waals surface area contributed by atoms with Crippen LogP contribution in [-0.4, -0.2) is 6.61 Å². The molecule has 16 heavy (non-hydrogen) atoms. The topological polar surface area (TPSA) is 9.23 Å².